The molecule has 0 aliphatic heterocycles. The van der Waals surface area contributed by atoms with E-state index in [0.29, 0.717) is 11.9 Å². The van der Waals surface area contributed by atoms with Gasteiger partial charge in [-0.15, -0.1) is 0 Å². The van der Waals surface area contributed by atoms with Crippen LogP contribution in [0, 0.1) is 0 Å². The molecule has 1 atom stereocenters. The summed E-state index contributed by atoms with van der Waals surface area (Å²) in [7, 11) is 0. The quantitative estimate of drug-likeness (QED) is 0.298. The van der Waals surface area contributed by atoms with Gasteiger partial charge >= 0.3 is 0 Å². The Labute approximate surface area is 98.3 Å². The lowest BCUT2D eigenvalue weighted by atomic mass is 9.96. The molecule has 4 heteroatoms. The molecule has 4 N–H and O–H groups in total. The van der Waals surface area contributed by atoms with Gasteiger partial charge in [0, 0.05) is 6.04 Å². The SMILES string of the molecule is CCC(NC1CCCCCCC1)C(N)=NO. The monoisotopic (exact) mass is 227 g/mol. The zero-order valence-electron chi connectivity index (χ0n) is 10.3. The van der Waals surface area contributed by atoms with Gasteiger partial charge in [0.1, 0.15) is 0 Å². The molecule has 0 amide bonds. The molecule has 0 aromatic carbocycles. The van der Waals surface area contributed by atoms with E-state index in [9.17, 15) is 0 Å². The first kappa shape index (κ1) is 13.3. The van der Waals surface area contributed by atoms with Crippen LogP contribution < -0.4 is 11.1 Å². The molecule has 16 heavy (non-hydrogen) atoms. The van der Waals surface area contributed by atoms with Crippen LogP contribution in [0.2, 0.25) is 0 Å². The molecule has 1 saturated carbocycles. The van der Waals surface area contributed by atoms with Crippen LogP contribution in [0.1, 0.15) is 58.3 Å². The molecule has 0 spiro atoms. The summed E-state index contributed by atoms with van der Waals surface area (Å²) in [4.78, 5) is 0. The number of nitrogens with one attached hydrogen (secondary N) is 1. The lowest BCUT2D eigenvalue weighted by molar-refractivity contribution is 0.310. The highest BCUT2D eigenvalue weighted by Crippen LogP contribution is 2.17. The second-order valence-corrected chi connectivity index (χ2v) is 4.69. The first-order chi connectivity index (χ1) is 7.77. The molecule has 1 rings (SSSR count). The maximum absolute atomic E-state index is 8.69. The first-order valence-corrected chi connectivity index (χ1v) is 6.51. The average molecular weight is 227 g/mol. The van der Waals surface area contributed by atoms with Crippen LogP contribution in [0.25, 0.3) is 0 Å². The second kappa shape index (κ2) is 7.49. The normalized spacial score (nSPS) is 22.4. The maximum Gasteiger partial charge on any atom is 0.156 e. The Hall–Kier alpha value is -0.770. The molecule has 4 nitrogen and oxygen atoms in total. The van der Waals surface area contributed by atoms with Crippen molar-refractivity contribution in [3.63, 3.8) is 0 Å². The second-order valence-electron chi connectivity index (χ2n) is 4.69. The number of rotatable bonds is 4. The van der Waals surface area contributed by atoms with Crippen molar-refractivity contribution in [1.29, 1.82) is 0 Å². The van der Waals surface area contributed by atoms with Crippen LogP contribution in [-0.2, 0) is 0 Å². The van der Waals surface area contributed by atoms with Crippen molar-refractivity contribution in [2.45, 2.75) is 70.4 Å². The highest BCUT2D eigenvalue weighted by Gasteiger charge is 2.17. The number of hydrogen-bond donors (Lipinski definition) is 3. The van der Waals surface area contributed by atoms with Gasteiger partial charge in [-0.3, -0.25) is 0 Å². The van der Waals surface area contributed by atoms with E-state index < -0.39 is 0 Å². The maximum atomic E-state index is 8.69. The summed E-state index contributed by atoms with van der Waals surface area (Å²) in [5.41, 5.74) is 5.65. The standard InChI is InChI=1S/C12H25N3O/c1-2-11(12(13)15-16)14-10-8-6-4-3-5-7-9-10/h10-11,14,16H,2-9H2,1H3,(H2,13,15). The highest BCUT2D eigenvalue weighted by atomic mass is 16.4. The number of nitrogens with two attached hydrogens (primary N) is 1. The predicted octanol–water partition coefficient (Wildman–Crippen LogP) is 2.21. The van der Waals surface area contributed by atoms with Crippen LogP contribution in [0.3, 0.4) is 0 Å². The summed E-state index contributed by atoms with van der Waals surface area (Å²) in [5, 5.41) is 15.3. The minimum absolute atomic E-state index is 0.0226. The van der Waals surface area contributed by atoms with E-state index in [4.69, 9.17) is 10.9 Å². The van der Waals surface area contributed by atoms with Crippen LogP contribution in [0.4, 0.5) is 0 Å². The van der Waals surface area contributed by atoms with Gasteiger partial charge < -0.3 is 16.3 Å². The fourth-order valence-corrected chi connectivity index (χ4v) is 2.39. The topological polar surface area (TPSA) is 70.6 Å². The van der Waals surface area contributed by atoms with Crippen molar-refractivity contribution in [3.8, 4) is 0 Å². The van der Waals surface area contributed by atoms with Gasteiger partial charge in [-0.2, -0.15) is 0 Å². The zero-order valence-corrected chi connectivity index (χ0v) is 10.3. The summed E-state index contributed by atoms with van der Waals surface area (Å²) in [6, 6.07) is 0.556. The molecule has 0 saturated heterocycles. The Bertz CT molecular complexity index is 210. The molecule has 0 radical (unpaired) electrons. The van der Waals surface area contributed by atoms with Crippen LogP contribution in [0.5, 0.6) is 0 Å². The Morgan fingerprint density at radius 1 is 1.31 bits per heavy atom. The van der Waals surface area contributed by atoms with E-state index in [2.05, 4.69) is 17.4 Å². The minimum Gasteiger partial charge on any atom is -0.409 e. The van der Waals surface area contributed by atoms with Gasteiger partial charge in [0.15, 0.2) is 5.84 Å². The van der Waals surface area contributed by atoms with E-state index >= 15 is 0 Å². The Balaban J connectivity index is 2.42. The number of amidine groups is 1. The van der Waals surface area contributed by atoms with E-state index in [1.807, 2.05) is 0 Å². The van der Waals surface area contributed by atoms with Crippen molar-refractivity contribution < 1.29 is 5.21 Å². The minimum atomic E-state index is 0.0226. The van der Waals surface area contributed by atoms with Gasteiger partial charge in [0.2, 0.25) is 0 Å². The fourth-order valence-electron chi connectivity index (χ4n) is 2.39. The molecule has 0 bridgehead atoms. The number of hydrogen-bond acceptors (Lipinski definition) is 3. The molecule has 94 valence electrons. The van der Waals surface area contributed by atoms with Crippen molar-refractivity contribution in [2.24, 2.45) is 10.9 Å². The molecule has 0 aromatic rings. The third kappa shape index (κ3) is 4.39. The first-order valence-electron chi connectivity index (χ1n) is 6.51. The molecule has 1 unspecified atom stereocenters. The summed E-state index contributed by atoms with van der Waals surface area (Å²) in [6.45, 7) is 2.05. The molecule has 0 heterocycles. The Morgan fingerprint density at radius 2 is 1.88 bits per heavy atom. The smallest absolute Gasteiger partial charge is 0.156 e. The fraction of sp³-hybridized carbons (Fsp3) is 0.917. The molecule has 1 fully saturated rings. The van der Waals surface area contributed by atoms with E-state index in [0.717, 1.165) is 6.42 Å². The molecular formula is C12H25N3O. The average Bonchev–Trinajstić information content (AvgIpc) is 2.27. The van der Waals surface area contributed by atoms with Crippen molar-refractivity contribution in [3.05, 3.63) is 0 Å². The lowest BCUT2D eigenvalue weighted by Gasteiger charge is -2.25. The van der Waals surface area contributed by atoms with Gasteiger partial charge in [-0.1, -0.05) is 44.2 Å². The lowest BCUT2D eigenvalue weighted by Crippen LogP contribution is -2.46. The number of oxime groups is 1. The van der Waals surface area contributed by atoms with Gasteiger partial charge in [0.05, 0.1) is 6.04 Å². The zero-order chi connectivity index (χ0) is 11.8. The Kier molecular flexibility index (Phi) is 6.23. The molecular weight excluding hydrogens is 202 g/mol. The van der Waals surface area contributed by atoms with Gasteiger partial charge in [-0.05, 0) is 19.3 Å². The number of nitrogens with zero attached hydrogens (tertiary/aromatic N) is 1. The third-order valence-electron chi connectivity index (χ3n) is 3.42. The van der Waals surface area contributed by atoms with Crippen LogP contribution >= 0.6 is 0 Å². The summed E-state index contributed by atoms with van der Waals surface area (Å²) < 4.78 is 0. The van der Waals surface area contributed by atoms with Gasteiger partial charge in [0.25, 0.3) is 0 Å². The van der Waals surface area contributed by atoms with E-state index in [1.165, 1.54) is 44.9 Å². The van der Waals surface area contributed by atoms with Crippen molar-refractivity contribution >= 4 is 5.84 Å². The van der Waals surface area contributed by atoms with Crippen LogP contribution in [-0.4, -0.2) is 23.1 Å². The highest BCUT2D eigenvalue weighted by molar-refractivity contribution is 5.85. The van der Waals surface area contributed by atoms with Crippen LogP contribution in [0.15, 0.2) is 5.16 Å². The largest absolute Gasteiger partial charge is 0.409 e. The summed E-state index contributed by atoms with van der Waals surface area (Å²) in [6.07, 6.45) is 9.96. The van der Waals surface area contributed by atoms with E-state index in [-0.39, 0.29) is 6.04 Å². The summed E-state index contributed by atoms with van der Waals surface area (Å²) >= 11 is 0. The molecule has 1 aliphatic carbocycles. The van der Waals surface area contributed by atoms with E-state index in [1.54, 1.807) is 0 Å². The molecule has 0 aromatic heterocycles. The third-order valence-corrected chi connectivity index (χ3v) is 3.42. The van der Waals surface area contributed by atoms with Crippen molar-refractivity contribution in [1.82, 2.24) is 5.32 Å². The Morgan fingerprint density at radius 3 is 2.38 bits per heavy atom. The predicted molar refractivity (Wildman–Crippen MR) is 66.7 cm³/mol. The van der Waals surface area contributed by atoms with Crippen molar-refractivity contribution in [2.75, 3.05) is 0 Å². The van der Waals surface area contributed by atoms with Gasteiger partial charge in [-0.25, -0.2) is 0 Å². The summed E-state index contributed by atoms with van der Waals surface area (Å²) in [5.74, 6) is 0.310. The molecule has 1 aliphatic rings.